The van der Waals surface area contributed by atoms with Crippen molar-refractivity contribution in [2.45, 2.75) is 45.1 Å². The minimum atomic E-state index is -0.0304. The van der Waals surface area contributed by atoms with Gasteiger partial charge in [-0.1, -0.05) is 18.6 Å². The van der Waals surface area contributed by atoms with Gasteiger partial charge in [-0.15, -0.1) is 0 Å². The molecule has 5 heteroatoms. The fourth-order valence-electron chi connectivity index (χ4n) is 3.71. The van der Waals surface area contributed by atoms with E-state index < -0.39 is 0 Å². The van der Waals surface area contributed by atoms with Crippen molar-refractivity contribution in [1.82, 2.24) is 0 Å². The van der Waals surface area contributed by atoms with Gasteiger partial charge < -0.3 is 19.5 Å². The van der Waals surface area contributed by atoms with Crippen molar-refractivity contribution < 1.29 is 19.0 Å². The van der Waals surface area contributed by atoms with Crippen molar-refractivity contribution >= 4 is 11.7 Å². The average molecular weight is 347 g/mol. The molecule has 1 saturated carbocycles. The van der Waals surface area contributed by atoms with Gasteiger partial charge >= 0.3 is 5.97 Å². The summed E-state index contributed by atoms with van der Waals surface area (Å²) in [6.45, 7) is 4.63. The van der Waals surface area contributed by atoms with E-state index in [1.807, 2.05) is 25.1 Å². The highest BCUT2D eigenvalue weighted by Gasteiger charge is 2.28. The minimum Gasteiger partial charge on any atom is -0.486 e. The summed E-state index contributed by atoms with van der Waals surface area (Å²) in [4.78, 5) is 12.0. The third-order valence-corrected chi connectivity index (χ3v) is 5.05. The Bertz CT molecular complexity index is 556. The molecular formula is C20H29NO4. The van der Waals surface area contributed by atoms with Crippen molar-refractivity contribution in [3.05, 3.63) is 24.3 Å². The molecule has 1 heterocycles. The number of rotatable bonds is 7. The van der Waals surface area contributed by atoms with Crippen LogP contribution in [0, 0.1) is 11.8 Å². The van der Waals surface area contributed by atoms with Crippen molar-refractivity contribution in [3.8, 4) is 5.75 Å². The van der Waals surface area contributed by atoms with E-state index in [9.17, 15) is 4.79 Å². The predicted molar refractivity (Wildman–Crippen MR) is 96.9 cm³/mol. The molecule has 1 aromatic carbocycles. The Balaban J connectivity index is 1.53. The molecule has 0 aromatic heterocycles. The summed E-state index contributed by atoms with van der Waals surface area (Å²) in [5.41, 5.74) is 1.02. The van der Waals surface area contributed by atoms with E-state index in [2.05, 4.69) is 11.4 Å². The summed E-state index contributed by atoms with van der Waals surface area (Å²) in [5.74, 6) is 1.40. The Labute approximate surface area is 150 Å². The lowest BCUT2D eigenvalue weighted by molar-refractivity contribution is -0.149. The number of para-hydroxylation sites is 2. The Morgan fingerprint density at radius 3 is 2.96 bits per heavy atom. The number of anilines is 1. The van der Waals surface area contributed by atoms with Gasteiger partial charge in [0, 0.05) is 13.0 Å². The van der Waals surface area contributed by atoms with Crippen molar-refractivity contribution in [2.24, 2.45) is 11.8 Å². The highest BCUT2D eigenvalue weighted by atomic mass is 16.5. The molecule has 5 nitrogen and oxygen atoms in total. The van der Waals surface area contributed by atoms with E-state index in [-0.39, 0.29) is 18.0 Å². The van der Waals surface area contributed by atoms with Gasteiger partial charge in [0.25, 0.3) is 0 Å². The van der Waals surface area contributed by atoms with Crippen LogP contribution in [0.3, 0.4) is 0 Å². The standard InChI is InChI=1S/C20H29NO4/c1-2-24-20(22)16-7-5-6-15(12-16)13-21-18-8-3-4-9-19(18)25-17-10-11-23-14-17/h3-4,8-9,15-17,21H,2,5-7,10-14H2,1H3/t15-,16+,17-/m0/s1. The lowest BCUT2D eigenvalue weighted by Crippen LogP contribution is -2.28. The molecule has 25 heavy (non-hydrogen) atoms. The van der Waals surface area contributed by atoms with Crippen LogP contribution in [0.2, 0.25) is 0 Å². The molecule has 1 aliphatic heterocycles. The van der Waals surface area contributed by atoms with Gasteiger partial charge in [0.15, 0.2) is 0 Å². The van der Waals surface area contributed by atoms with Crippen LogP contribution in [0.25, 0.3) is 0 Å². The zero-order chi connectivity index (χ0) is 17.5. The van der Waals surface area contributed by atoms with Gasteiger partial charge in [0.2, 0.25) is 0 Å². The van der Waals surface area contributed by atoms with Crippen LogP contribution in [0.15, 0.2) is 24.3 Å². The average Bonchev–Trinajstić information content (AvgIpc) is 3.14. The summed E-state index contributed by atoms with van der Waals surface area (Å²) in [6, 6.07) is 8.07. The summed E-state index contributed by atoms with van der Waals surface area (Å²) >= 11 is 0. The number of carbonyl (C=O) groups excluding carboxylic acids is 1. The molecule has 1 N–H and O–H groups in total. The molecule has 0 unspecified atom stereocenters. The molecule has 3 rings (SSSR count). The van der Waals surface area contributed by atoms with E-state index in [1.165, 1.54) is 0 Å². The third kappa shape index (κ3) is 5.11. The number of benzene rings is 1. The van der Waals surface area contributed by atoms with Crippen LogP contribution >= 0.6 is 0 Å². The van der Waals surface area contributed by atoms with Crippen LogP contribution in [0.5, 0.6) is 5.75 Å². The first-order valence-corrected chi connectivity index (χ1v) is 9.50. The van der Waals surface area contributed by atoms with E-state index in [1.54, 1.807) is 0 Å². The predicted octanol–water partition coefficient (Wildman–Crippen LogP) is 3.64. The van der Waals surface area contributed by atoms with E-state index >= 15 is 0 Å². The van der Waals surface area contributed by atoms with Gasteiger partial charge in [-0.25, -0.2) is 0 Å². The van der Waals surface area contributed by atoms with Crippen LogP contribution in [0.4, 0.5) is 5.69 Å². The molecule has 0 amide bonds. The number of ether oxygens (including phenoxy) is 3. The van der Waals surface area contributed by atoms with Gasteiger partial charge in [-0.3, -0.25) is 4.79 Å². The van der Waals surface area contributed by atoms with Gasteiger partial charge in [0.1, 0.15) is 11.9 Å². The first-order chi connectivity index (χ1) is 12.3. The van der Waals surface area contributed by atoms with Crippen molar-refractivity contribution in [1.29, 1.82) is 0 Å². The molecule has 0 bridgehead atoms. The summed E-state index contributed by atoms with van der Waals surface area (Å²) in [7, 11) is 0. The number of esters is 1. The van der Waals surface area contributed by atoms with Gasteiger partial charge in [0.05, 0.1) is 31.4 Å². The van der Waals surface area contributed by atoms with Crippen molar-refractivity contribution in [2.75, 3.05) is 31.7 Å². The fourth-order valence-corrected chi connectivity index (χ4v) is 3.71. The molecule has 2 aliphatic rings. The second-order valence-electron chi connectivity index (χ2n) is 6.96. The minimum absolute atomic E-state index is 0.0304. The second kappa shape index (κ2) is 9.09. The molecule has 2 fully saturated rings. The van der Waals surface area contributed by atoms with Crippen LogP contribution in [-0.4, -0.2) is 38.4 Å². The molecule has 1 aliphatic carbocycles. The zero-order valence-corrected chi connectivity index (χ0v) is 15.0. The number of nitrogens with one attached hydrogen (secondary N) is 1. The molecular weight excluding hydrogens is 318 g/mol. The highest BCUT2D eigenvalue weighted by molar-refractivity contribution is 5.72. The number of carbonyl (C=O) groups is 1. The SMILES string of the molecule is CCOC(=O)[C@@H]1CCC[C@H](CNc2ccccc2O[C@H]2CCOC2)C1. The first kappa shape index (κ1) is 18.1. The molecule has 3 atom stereocenters. The number of hydrogen-bond acceptors (Lipinski definition) is 5. The third-order valence-electron chi connectivity index (χ3n) is 5.05. The quantitative estimate of drug-likeness (QED) is 0.763. The summed E-state index contributed by atoms with van der Waals surface area (Å²) in [6.07, 6.45) is 5.20. The topological polar surface area (TPSA) is 56.8 Å². The maximum atomic E-state index is 12.0. The van der Waals surface area contributed by atoms with Crippen LogP contribution in [0.1, 0.15) is 39.0 Å². The Kier molecular flexibility index (Phi) is 6.56. The van der Waals surface area contributed by atoms with E-state index in [0.717, 1.165) is 56.7 Å². The maximum absolute atomic E-state index is 12.0. The zero-order valence-electron chi connectivity index (χ0n) is 15.0. The molecule has 0 spiro atoms. The normalized spacial score (nSPS) is 26.2. The smallest absolute Gasteiger partial charge is 0.308 e. The molecule has 1 saturated heterocycles. The lowest BCUT2D eigenvalue weighted by atomic mass is 9.81. The van der Waals surface area contributed by atoms with Gasteiger partial charge in [-0.2, -0.15) is 0 Å². The Morgan fingerprint density at radius 1 is 1.28 bits per heavy atom. The molecule has 1 aromatic rings. The largest absolute Gasteiger partial charge is 0.486 e. The maximum Gasteiger partial charge on any atom is 0.308 e. The first-order valence-electron chi connectivity index (χ1n) is 9.50. The fraction of sp³-hybridized carbons (Fsp3) is 0.650. The lowest BCUT2D eigenvalue weighted by Gasteiger charge is -2.28. The molecule has 138 valence electrons. The van der Waals surface area contributed by atoms with E-state index in [0.29, 0.717) is 19.1 Å². The number of hydrogen-bond donors (Lipinski definition) is 1. The highest BCUT2D eigenvalue weighted by Crippen LogP contribution is 2.32. The summed E-state index contributed by atoms with van der Waals surface area (Å²) in [5, 5.41) is 3.53. The second-order valence-corrected chi connectivity index (χ2v) is 6.96. The monoisotopic (exact) mass is 347 g/mol. The Morgan fingerprint density at radius 2 is 2.16 bits per heavy atom. The van der Waals surface area contributed by atoms with Crippen LogP contribution < -0.4 is 10.1 Å². The Hall–Kier alpha value is -1.75. The van der Waals surface area contributed by atoms with Gasteiger partial charge in [-0.05, 0) is 44.2 Å². The van der Waals surface area contributed by atoms with Crippen LogP contribution in [-0.2, 0) is 14.3 Å². The van der Waals surface area contributed by atoms with Crippen molar-refractivity contribution in [3.63, 3.8) is 0 Å². The molecule has 0 radical (unpaired) electrons. The van der Waals surface area contributed by atoms with E-state index in [4.69, 9.17) is 14.2 Å². The summed E-state index contributed by atoms with van der Waals surface area (Å²) < 4.78 is 16.7.